The summed E-state index contributed by atoms with van der Waals surface area (Å²) in [4.78, 5) is 1.11. The second-order valence-electron chi connectivity index (χ2n) is 7.93. The Labute approximate surface area is 134 Å². The van der Waals surface area contributed by atoms with E-state index in [0.717, 1.165) is 16.0 Å². The highest BCUT2D eigenvalue weighted by Crippen LogP contribution is 2.42. The van der Waals surface area contributed by atoms with E-state index in [1.165, 1.54) is 0 Å². The van der Waals surface area contributed by atoms with Gasteiger partial charge in [0.1, 0.15) is 5.75 Å². The Bertz CT molecular complexity index is 458. The summed E-state index contributed by atoms with van der Waals surface area (Å²) >= 11 is 1.66. The fourth-order valence-electron chi connectivity index (χ4n) is 2.13. The van der Waals surface area contributed by atoms with Crippen molar-refractivity contribution in [2.75, 3.05) is 0 Å². The number of hydrogen-bond donors (Lipinski definition) is 2. The fourth-order valence-corrected chi connectivity index (χ4v) is 3.13. The van der Waals surface area contributed by atoms with Gasteiger partial charge in [-0.1, -0.05) is 48.5 Å². The Morgan fingerprint density at radius 2 is 1.29 bits per heavy atom. The van der Waals surface area contributed by atoms with Gasteiger partial charge in [-0.2, -0.15) is 0 Å². The Hall–Kier alpha value is -0.670. The number of aliphatic hydroxyl groups excluding tert-OH is 1. The first-order valence-corrected chi connectivity index (χ1v) is 8.44. The number of rotatable bonds is 3. The number of aromatic hydroxyl groups is 1. The molecule has 0 fully saturated rings. The molecule has 1 aromatic carbocycles. The molecule has 1 rings (SSSR count). The van der Waals surface area contributed by atoms with Crippen molar-refractivity contribution in [1.29, 1.82) is 0 Å². The summed E-state index contributed by atoms with van der Waals surface area (Å²) in [5.41, 5.74) is 1.70. The normalized spacial score (nSPS) is 15.9. The zero-order chi connectivity index (χ0) is 16.6. The third kappa shape index (κ3) is 4.65. The molecular weight excluding hydrogens is 280 g/mol. The molecule has 0 aliphatic rings. The third-order valence-electron chi connectivity index (χ3n) is 3.70. The summed E-state index contributed by atoms with van der Waals surface area (Å²) in [6.45, 7) is 16.5. The fraction of sp³-hybridized carbons (Fsp3) is 0.667. The maximum Gasteiger partial charge on any atom is 0.123 e. The lowest BCUT2D eigenvalue weighted by Crippen LogP contribution is -2.18. The maximum absolute atomic E-state index is 10.7. The standard InChI is InChI=1S/C18H30O2S/c1-11(19)12(2)21-13-9-14(17(3,4)5)16(20)15(10-13)18(6,7)8/h9-12,19-20H,1-8H3/t11-,12-/m1/s1. The van der Waals surface area contributed by atoms with Crippen molar-refractivity contribution >= 4 is 11.8 Å². The number of thioether (sulfide) groups is 1. The number of benzene rings is 1. The average Bonchev–Trinajstić information content (AvgIpc) is 2.27. The van der Waals surface area contributed by atoms with Crippen LogP contribution in [0.15, 0.2) is 17.0 Å². The highest BCUT2D eigenvalue weighted by Gasteiger charge is 2.27. The van der Waals surface area contributed by atoms with E-state index in [4.69, 9.17) is 0 Å². The molecule has 21 heavy (non-hydrogen) atoms. The topological polar surface area (TPSA) is 40.5 Å². The maximum atomic E-state index is 10.7. The van der Waals surface area contributed by atoms with E-state index < -0.39 is 0 Å². The van der Waals surface area contributed by atoms with Gasteiger partial charge in [-0.3, -0.25) is 0 Å². The summed E-state index contributed by atoms with van der Waals surface area (Å²) in [7, 11) is 0. The average molecular weight is 311 g/mol. The van der Waals surface area contributed by atoms with E-state index in [0.29, 0.717) is 5.75 Å². The van der Waals surface area contributed by atoms with E-state index in [1.807, 2.05) is 13.8 Å². The quantitative estimate of drug-likeness (QED) is 0.784. The summed E-state index contributed by atoms with van der Waals surface area (Å²) in [6, 6.07) is 4.13. The van der Waals surface area contributed by atoms with Gasteiger partial charge in [-0.05, 0) is 29.9 Å². The Morgan fingerprint density at radius 1 is 0.905 bits per heavy atom. The zero-order valence-electron chi connectivity index (χ0n) is 14.6. The molecule has 0 unspecified atom stereocenters. The molecule has 0 saturated heterocycles. The van der Waals surface area contributed by atoms with Crippen molar-refractivity contribution < 1.29 is 10.2 Å². The van der Waals surface area contributed by atoms with Crippen LogP contribution in [0.4, 0.5) is 0 Å². The van der Waals surface area contributed by atoms with Crippen LogP contribution in [0.3, 0.4) is 0 Å². The monoisotopic (exact) mass is 310 g/mol. The first kappa shape index (κ1) is 18.4. The molecule has 120 valence electrons. The van der Waals surface area contributed by atoms with Crippen LogP contribution < -0.4 is 0 Å². The van der Waals surface area contributed by atoms with Gasteiger partial charge in [0.15, 0.2) is 0 Å². The predicted molar refractivity (Wildman–Crippen MR) is 92.5 cm³/mol. The lowest BCUT2D eigenvalue weighted by molar-refractivity contribution is 0.196. The van der Waals surface area contributed by atoms with Gasteiger partial charge in [0.2, 0.25) is 0 Å². The molecule has 3 heteroatoms. The minimum Gasteiger partial charge on any atom is -0.507 e. The number of phenols is 1. The molecule has 2 atom stereocenters. The lowest BCUT2D eigenvalue weighted by atomic mass is 9.79. The van der Waals surface area contributed by atoms with E-state index in [9.17, 15) is 10.2 Å². The van der Waals surface area contributed by atoms with Crippen LogP contribution in [0, 0.1) is 0 Å². The highest BCUT2D eigenvalue weighted by molar-refractivity contribution is 8.00. The molecule has 0 saturated carbocycles. The minimum atomic E-state index is -0.361. The van der Waals surface area contributed by atoms with Crippen LogP contribution in [0.1, 0.15) is 66.5 Å². The Kier molecular flexibility index (Phi) is 5.44. The summed E-state index contributed by atoms with van der Waals surface area (Å²) in [6.07, 6.45) is -0.361. The summed E-state index contributed by atoms with van der Waals surface area (Å²) in [5, 5.41) is 20.5. The second-order valence-corrected chi connectivity index (χ2v) is 9.38. The summed E-state index contributed by atoms with van der Waals surface area (Å²) < 4.78 is 0. The molecular formula is C18H30O2S. The van der Waals surface area contributed by atoms with Crippen LogP contribution in [0.2, 0.25) is 0 Å². The highest BCUT2D eigenvalue weighted by atomic mass is 32.2. The van der Waals surface area contributed by atoms with Crippen molar-refractivity contribution in [1.82, 2.24) is 0 Å². The Balaban J connectivity index is 3.41. The molecule has 0 aromatic heterocycles. The number of hydrogen-bond acceptors (Lipinski definition) is 3. The molecule has 2 N–H and O–H groups in total. The van der Waals surface area contributed by atoms with E-state index in [2.05, 4.69) is 53.7 Å². The Morgan fingerprint density at radius 3 is 1.57 bits per heavy atom. The van der Waals surface area contributed by atoms with Crippen molar-refractivity contribution in [2.45, 2.75) is 82.5 Å². The first-order chi connectivity index (χ1) is 9.34. The van der Waals surface area contributed by atoms with Gasteiger partial charge < -0.3 is 10.2 Å². The first-order valence-electron chi connectivity index (χ1n) is 7.56. The number of aliphatic hydroxyl groups is 1. The molecule has 0 radical (unpaired) electrons. The third-order valence-corrected chi connectivity index (χ3v) is 4.97. The van der Waals surface area contributed by atoms with E-state index in [1.54, 1.807) is 11.8 Å². The van der Waals surface area contributed by atoms with Crippen molar-refractivity contribution in [3.05, 3.63) is 23.3 Å². The SMILES string of the molecule is C[C@@H](O)[C@@H](C)Sc1cc(C(C)(C)C)c(O)c(C(C)(C)C)c1. The van der Waals surface area contributed by atoms with Gasteiger partial charge in [0.25, 0.3) is 0 Å². The van der Waals surface area contributed by atoms with Gasteiger partial charge in [-0.15, -0.1) is 11.8 Å². The minimum absolute atomic E-state index is 0.116. The van der Waals surface area contributed by atoms with Gasteiger partial charge in [-0.25, -0.2) is 0 Å². The molecule has 2 nitrogen and oxygen atoms in total. The molecule has 0 spiro atoms. The largest absolute Gasteiger partial charge is 0.507 e. The predicted octanol–water partition coefficient (Wildman–Crippen LogP) is 4.85. The van der Waals surface area contributed by atoms with Crippen molar-refractivity contribution in [3.63, 3.8) is 0 Å². The van der Waals surface area contributed by atoms with Crippen molar-refractivity contribution in [3.8, 4) is 5.75 Å². The molecule has 0 aliphatic carbocycles. The smallest absolute Gasteiger partial charge is 0.123 e. The zero-order valence-corrected chi connectivity index (χ0v) is 15.4. The molecule has 1 aromatic rings. The van der Waals surface area contributed by atoms with Crippen LogP contribution >= 0.6 is 11.8 Å². The van der Waals surface area contributed by atoms with Crippen LogP contribution in [-0.4, -0.2) is 21.6 Å². The second kappa shape index (κ2) is 6.21. The molecule has 0 bridgehead atoms. The van der Waals surface area contributed by atoms with E-state index in [-0.39, 0.29) is 22.2 Å². The molecule has 0 aliphatic heterocycles. The van der Waals surface area contributed by atoms with Crippen LogP contribution in [0.25, 0.3) is 0 Å². The molecule has 0 amide bonds. The van der Waals surface area contributed by atoms with Crippen molar-refractivity contribution in [2.24, 2.45) is 0 Å². The van der Waals surface area contributed by atoms with Gasteiger partial charge >= 0.3 is 0 Å². The number of phenolic OH excluding ortho intramolecular Hbond substituents is 1. The van der Waals surface area contributed by atoms with E-state index >= 15 is 0 Å². The van der Waals surface area contributed by atoms with Crippen LogP contribution in [-0.2, 0) is 10.8 Å². The van der Waals surface area contributed by atoms with Crippen LogP contribution in [0.5, 0.6) is 5.75 Å². The summed E-state index contributed by atoms with van der Waals surface area (Å²) in [5.74, 6) is 0.407. The van der Waals surface area contributed by atoms with Gasteiger partial charge in [0.05, 0.1) is 6.10 Å². The molecule has 0 heterocycles. The van der Waals surface area contributed by atoms with Gasteiger partial charge in [0, 0.05) is 21.3 Å². The lowest BCUT2D eigenvalue weighted by Gasteiger charge is -2.28.